The van der Waals surface area contributed by atoms with Gasteiger partial charge in [-0.25, -0.2) is 4.39 Å². The molecule has 0 aliphatic heterocycles. The molecule has 82 valence electrons. The predicted octanol–water partition coefficient (Wildman–Crippen LogP) is 1.36. The Morgan fingerprint density at radius 3 is 2.81 bits per heavy atom. The first-order chi connectivity index (χ1) is 7.56. The number of nitriles is 1. The predicted molar refractivity (Wildman–Crippen MR) is 59.7 cm³/mol. The second kappa shape index (κ2) is 4.89. The van der Waals surface area contributed by atoms with E-state index >= 15 is 0 Å². The number of nitrogens with one attached hydrogen (secondary N) is 2. The van der Waals surface area contributed by atoms with Crippen LogP contribution >= 0.6 is 0 Å². The summed E-state index contributed by atoms with van der Waals surface area (Å²) < 4.78 is 13.3. The number of anilines is 1. The molecular formula is C10H10FN5. The van der Waals surface area contributed by atoms with Crippen LogP contribution < -0.4 is 11.2 Å². The number of nitrogens with zero attached hydrogens (tertiary/aromatic N) is 2. The molecule has 0 bridgehead atoms. The Morgan fingerprint density at radius 1 is 1.62 bits per heavy atom. The van der Waals surface area contributed by atoms with E-state index < -0.39 is 11.7 Å². The Balaban J connectivity index is 2.99. The number of para-hydroxylation sites is 1. The minimum atomic E-state index is -0.482. The second-order valence-electron chi connectivity index (χ2n) is 3.03. The van der Waals surface area contributed by atoms with Crippen LogP contribution in [0.4, 0.5) is 10.1 Å². The maximum Gasteiger partial charge on any atom is 0.201 e. The standard InChI is InChI=1S/C10H10FN5/c1-6-3-2-4-7(11)9(6)16-15-8(5-12)10(13)14/h2-4,16H,1H3,(H3,13,14)/b15-8+. The molecule has 0 radical (unpaired) electrons. The third-order valence-corrected chi connectivity index (χ3v) is 1.86. The summed E-state index contributed by atoms with van der Waals surface area (Å²) in [6.07, 6.45) is 0. The van der Waals surface area contributed by atoms with Crippen molar-refractivity contribution in [2.45, 2.75) is 6.92 Å². The molecule has 1 rings (SSSR count). The molecule has 0 aromatic heterocycles. The maximum absolute atomic E-state index is 13.3. The summed E-state index contributed by atoms with van der Waals surface area (Å²) in [6, 6.07) is 6.16. The van der Waals surface area contributed by atoms with Gasteiger partial charge in [-0.2, -0.15) is 10.4 Å². The zero-order valence-corrected chi connectivity index (χ0v) is 8.58. The van der Waals surface area contributed by atoms with Crippen LogP contribution in [0.3, 0.4) is 0 Å². The van der Waals surface area contributed by atoms with Gasteiger partial charge >= 0.3 is 0 Å². The molecule has 4 N–H and O–H groups in total. The number of rotatable bonds is 3. The molecule has 0 aliphatic rings. The molecule has 0 fully saturated rings. The lowest BCUT2D eigenvalue weighted by Gasteiger charge is -2.05. The first-order valence-electron chi connectivity index (χ1n) is 4.39. The average Bonchev–Trinajstić information content (AvgIpc) is 2.22. The molecule has 0 heterocycles. The van der Waals surface area contributed by atoms with Crippen molar-refractivity contribution in [3.8, 4) is 6.07 Å². The summed E-state index contributed by atoms with van der Waals surface area (Å²) in [5.74, 6) is -0.950. The fraction of sp³-hybridized carbons (Fsp3) is 0.100. The van der Waals surface area contributed by atoms with Crippen molar-refractivity contribution in [2.75, 3.05) is 5.43 Å². The number of aryl methyl sites for hydroxylation is 1. The Kier molecular flexibility index (Phi) is 3.56. The lowest BCUT2D eigenvalue weighted by Crippen LogP contribution is -2.22. The third-order valence-electron chi connectivity index (χ3n) is 1.86. The molecule has 5 nitrogen and oxygen atoms in total. The Bertz CT molecular complexity index is 466. The quantitative estimate of drug-likeness (QED) is 0.406. The molecule has 0 saturated heterocycles. The van der Waals surface area contributed by atoms with Gasteiger partial charge in [0.25, 0.3) is 0 Å². The molecule has 0 amide bonds. The van der Waals surface area contributed by atoms with Crippen molar-refractivity contribution < 1.29 is 4.39 Å². The lowest BCUT2D eigenvalue weighted by atomic mass is 10.2. The first-order valence-corrected chi connectivity index (χ1v) is 4.39. The van der Waals surface area contributed by atoms with Gasteiger partial charge in [0, 0.05) is 0 Å². The summed E-state index contributed by atoms with van der Waals surface area (Å²) in [5.41, 5.74) is 7.98. The van der Waals surface area contributed by atoms with Crippen molar-refractivity contribution in [1.82, 2.24) is 0 Å². The van der Waals surface area contributed by atoms with E-state index in [4.69, 9.17) is 16.4 Å². The fourth-order valence-electron chi connectivity index (χ4n) is 1.03. The van der Waals surface area contributed by atoms with Gasteiger partial charge in [0.15, 0.2) is 5.84 Å². The van der Waals surface area contributed by atoms with Crippen LogP contribution in [-0.2, 0) is 0 Å². The van der Waals surface area contributed by atoms with E-state index in [9.17, 15) is 4.39 Å². The van der Waals surface area contributed by atoms with E-state index in [2.05, 4.69) is 10.5 Å². The van der Waals surface area contributed by atoms with Crippen LogP contribution in [0.2, 0.25) is 0 Å². The molecule has 6 heteroatoms. The van der Waals surface area contributed by atoms with E-state index in [0.29, 0.717) is 5.56 Å². The normalized spacial score (nSPS) is 10.7. The van der Waals surface area contributed by atoms with Crippen LogP contribution in [0.15, 0.2) is 23.3 Å². The lowest BCUT2D eigenvalue weighted by molar-refractivity contribution is 0.629. The molecule has 0 saturated carbocycles. The van der Waals surface area contributed by atoms with Crippen LogP contribution in [0.25, 0.3) is 0 Å². The summed E-state index contributed by atoms with van der Waals surface area (Å²) >= 11 is 0. The topological polar surface area (TPSA) is 98.0 Å². The van der Waals surface area contributed by atoms with Gasteiger partial charge in [0.05, 0.1) is 5.69 Å². The zero-order valence-electron chi connectivity index (χ0n) is 8.58. The van der Waals surface area contributed by atoms with E-state index in [1.807, 2.05) is 0 Å². The zero-order chi connectivity index (χ0) is 12.1. The summed E-state index contributed by atoms with van der Waals surface area (Å²) in [5, 5.41) is 19.1. The number of hydrogen-bond donors (Lipinski definition) is 3. The Labute approximate surface area is 91.9 Å². The summed E-state index contributed by atoms with van der Waals surface area (Å²) in [6.45, 7) is 1.70. The van der Waals surface area contributed by atoms with Crippen molar-refractivity contribution in [2.24, 2.45) is 10.8 Å². The third kappa shape index (κ3) is 2.54. The highest BCUT2D eigenvalue weighted by atomic mass is 19.1. The molecule has 0 spiro atoms. The molecule has 16 heavy (non-hydrogen) atoms. The van der Waals surface area contributed by atoms with Crippen molar-refractivity contribution in [3.63, 3.8) is 0 Å². The molecule has 0 aliphatic carbocycles. The monoisotopic (exact) mass is 219 g/mol. The summed E-state index contributed by atoms with van der Waals surface area (Å²) in [4.78, 5) is 0. The largest absolute Gasteiger partial charge is 0.382 e. The van der Waals surface area contributed by atoms with Crippen LogP contribution in [-0.4, -0.2) is 11.5 Å². The van der Waals surface area contributed by atoms with Gasteiger partial charge in [-0.05, 0) is 18.6 Å². The minimum Gasteiger partial charge on any atom is -0.382 e. The highest BCUT2D eigenvalue weighted by Crippen LogP contribution is 2.18. The van der Waals surface area contributed by atoms with Crippen LogP contribution in [0.1, 0.15) is 5.56 Å². The highest BCUT2D eigenvalue weighted by molar-refractivity contribution is 6.45. The molecular weight excluding hydrogens is 209 g/mol. The highest BCUT2D eigenvalue weighted by Gasteiger charge is 2.05. The minimum absolute atomic E-state index is 0.163. The van der Waals surface area contributed by atoms with Gasteiger partial charge in [0.1, 0.15) is 11.9 Å². The van der Waals surface area contributed by atoms with E-state index in [1.54, 1.807) is 25.1 Å². The number of nitrogens with two attached hydrogens (primary N) is 1. The summed E-state index contributed by atoms with van der Waals surface area (Å²) in [7, 11) is 0. The van der Waals surface area contributed by atoms with Gasteiger partial charge in [-0.3, -0.25) is 10.8 Å². The maximum atomic E-state index is 13.3. The Morgan fingerprint density at radius 2 is 2.31 bits per heavy atom. The van der Waals surface area contributed by atoms with Crippen molar-refractivity contribution in [1.29, 1.82) is 10.7 Å². The first kappa shape index (κ1) is 11.7. The second-order valence-corrected chi connectivity index (χ2v) is 3.03. The Hall–Kier alpha value is -2.42. The number of hydrazone groups is 1. The van der Waals surface area contributed by atoms with E-state index in [0.717, 1.165) is 0 Å². The average molecular weight is 219 g/mol. The van der Waals surface area contributed by atoms with Gasteiger partial charge in [-0.1, -0.05) is 12.1 Å². The SMILES string of the molecule is Cc1cccc(F)c1N/N=C(\C#N)C(=N)N. The number of amidine groups is 1. The molecule has 1 aromatic carbocycles. The molecule has 1 aromatic rings. The van der Waals surface area contributed by atoms with Gasteiger partial charge < -0.3 is 5.73 Å². The van der Waals surface area contributed by atoms with E-state index in [-0.39, 0.29) is 11.4 Å². The molecule has 0 unspecified atom stereocenters. The number of hydrogen-bond acceptors (Lipinski definition) is 4. The number of benzene rings is 1. The van der Waals surface area contributed by atoms with Crippen LogP contribution in [0.5, 0.6) is 0 Å². The van der Waals surface area contributed by atoms with Crippen molar-refractivity contribution in [3.05, 3.63) is 29.6 Å². The van der Waals surface area contributed by atoms with Crippen LogP contribution in [0, 0.1) is 29.5 Å². The number of halogens is 1. The molecule has 0 atom stereocenters. The van der Waals surface area contributed by atoms with E-state index in [1.165, 1.54) is 6.07 Å². The van der Waals surface area contributed by atoms with Crippen molar-refractivity contribution >= 4 is 17.2 Å². The van der Waals surface area contributed by atoms with Gasteiger partial charge in [0.2, 0.25) is 5.71 Å². The fourth-order valence-corrected chi connectivity index (χ4v) is 1.03. The smallest absolute Gasteiger partial charge is 0.201 e. The van der Waals surface area contributed by atoms with Gasteiger partial charge in [-0.15, -0.1) is 0 Å².